The number of carbonyl (C=O) groups excluding carboxylic acids is 2. The number of rotatable bonds is 2. The van der Waals surface area contributed by atoms with Crippen LogP contribution in [-0.4, -0.2) is 54.1 Å². The molecule has 0 aliphatic carbocycles. The summed E-state index contributed by atoms with van der Waals surface area (Å²) in [4.78, 5) is 24.8. The van der Waals surface area contributed by atoms with Crippen molar-refractivity contribution in [1.82, 2.24) is 10.0 Å². The van der Waals surface area contributed by atoms with Gasteiger partial charge >= 0.3 is 12.2 Å². The lowest BCUT2D eigenvalue weighted by atomic mass is 10.2. The second kappa shape index (κ2) is 8.01. The lowest BCUT2D eigenvalue weighted by Gasteiger charge is -2.33. The molecule has 1 aromatic carbocycles. The van der Waals surface area contributed by atoms with E-state index in [4.69, 9.17) is 14.2 Å². The van der Waals surface area contributed by atoms with Gasteiger partial charge in [-0.15, -0.1) is 0 Å². The van der Waals surface area contributed by atoms with Crippen LogP contribution in [0.5, 0.6) is 0 Å². The Morgan fingerprint density at radius 2 is 1.62 bits per heavy atom. The molecule has 0 spiro atoms. The van der Waals surface area contributed by atoms with Crippen molar-refractivity contribution in [2.24, 2.45) is 0 Å². The van der Waals surface area contributed by atoms with Crippen LogP contribution in [0.3, 0.4) is 0 Å². The molecule has 1 aromatic rings. The van der Waals surface area contributed by atoms with Gasteiger partial charge in [-0.25, -0.2) is 19.6 Å². The van der Waals surface area contributed by atoms with E-state index in [1.165, 1.54) is 10.0 Å². The van der Waals surface area contributed by atoms with Crippen LogP contribution >= 0.6 is 0 Å². The van der Waals surface area contributed by atoms with Crippen LogP contribution in [0.15, 0.2) is 30.3 Å². The van der Waals surface area contributed by atoms with Gasteiger partial charge < -0.3 is 14.2 Å². The van der Waals surface area contributed by atoms with Crippen LogP contribution < -0.4 is 0 Å². The Morgan fingerprint density at radius 1 is 1.04 bits per heavy atom. The maximum atomic E-state index is 12.4. The molecule has 1 saturated heterocycles. The lowest BCUT2D eigenvalue weighted by Crippen LogP contribution is -2.52. The molecule has 7 heteroatoms. The summed E-state index contributed by atoms with van der Waals surface area (Å²) in [7, 11) is 0. The fourth-order valence-corrected chi connectivity index (χ4v) is 2.13. The van der Waals surface area contributed by atoms with E-state index in [-0.39, 0.29) is 19.7 Å². The summed E-state index contributed by atoms with van der Waals surface area (Å²) in [5.41, 5.74) is 0.227. The van der Waals surface area contributed by atoms with Gasteiger partial charge in [-0.3, -0.25) is 0 Å². The van der Waals surface area contributed by atoms with Crippen LogP contribution in [0.25, 0.3) is 0 Å². The molecule has 1 fully saturated rings. The number of hydrazine groups is 1. The average molecular weight is 336 g/mol. The number of hydrogen-bond donors (Lipinski definition) is 0. The molecule has 1 aliphatic heterocycles. The standard InChI is InChI=1S/C17H24N2O5/c1-17(2,3)24-16(21)19-10-12-22-11-9-18(19)15(20)23-13-14-7-5-4-6-8-14/h4-8H,9-13H2,1-3H3. The predicted molar refractivity (Wildman–Crippen MR) is 87.1 cm³/mol. The summed E-state index contributed by atoms with van der Waals surface area (Å²) >= 11 is 0. The first kappa shape index (κ1) is 18.1. The SMILES string of the molecule is CC(C)(C)OC(=O)N1CCOCCN1C(=O)OCc1ccccc1. The molecule has 1 heterocycles. The van der Waals surface area contributed by atoms with Crippen LogP contribution in [0.4, 0.5) is 9.59 Å². The number of hydrogen-bond acceptors (Lipinski definition) is 5. The molecule has 0 unspecified atom stereocenters. The first-order chi connectivity index (χ1) is 11.4. The maximum absolute atomic E-state index is 12.4. The topological polar surface area (TPSA) is 68.3 Å². The van der Waals surface area contributed by atoms with Crippen molar-refractivity contribution >= 4 is 12.2 Å². The number of ether oxygens (including phenoxy) is 3. The summed E-state index contributed by atoms with van der Waals surface area (Å²) in [6.45, 7) is 6.59. The molecule has 0 bridgehead atoms. The summed E-state index contributed by atoms with van der Waals surface area (Å²) in [6, 6.07) is 9.36. The van der Waals surface area contributed by atoms with Crippen LogP contribution in [0, 0.1) is 0 Å². The number of amides is 2. The predicted octanol–water partition coefficient (Wildman–Crippen LogP) is 2.81. The first-order valence-electron chi connectivity index (χ1n) is 7.93. The first-order valence-corrected chi connectivity index (χ1v) is 7.93. The highest BCUT2D eigenvalue weighted by Crippen LogP contribution is 2.14. The van der Waals surface area contributed by atoms with Gasteiger partial charge in [-0.05, 0) is 26.3 Å². The molecular weight excluding hydrogens is 312 g/mol. The van der Waals surface area contributed by atoms with Crippen LogP contribution in [0.1, 0.15) is 26.3 Å². The summed E-state index contributed by atoms with van der Waals surface area (Å²) in [5, 5.41) is 2.48. The Balaban J connectivity index is 2.02. The minimum absolute atomic E-state index is 0.138. The largest absolute Gasteiger partial charge is 0.443 e. The van der Waals surface area contributed by atoms with Crippen molar-refractivity contribution in [3.8, 4) is 0 Å². The van der Waals surface area contributed by atoms with E-state index in [0.29, 0.717) is 13.2 Å². The quantitative estimate of drug-likeness (QED) is 0.831. The molecule has 0 N–H and O–H groups in total. The summed E-state index contributed by atoms with van der Waals surface area (Å²) < 4.78 is 16.0. The number of nitrogens with zero attached hydrogens (tertiary/aromatic N) is 2. The molecular formula is C17H24N2O5. The zero-order chi connectivity index (χ0) is 17.6. The highest BCUT2D eigenvalue weighted by molar-refractivity contribution is 5.74. The lowest BCUT2D eigenvalue weighted by molar-refractivity contribution is -0.0421. The fraction of sp³-hybridized carbons (Fsp3) is 0.529. The Morgan fingerprint density at radius 3 is 2.21 bits per heavy atom. The molecule has 132 valence electrons. The van der Waals surface area contributed by atoms with Crippen molar-refractivity contribution in [3.63, 3.8) is 0 Å². The molecule has 0 radical (unpaired) electrons. The second-order valence-electron chi connectivity index (χ2n) is 6.38. The van der Waals surface area contributed by atoms with Gasteiger partial charge in [0.25, 0.3) is 0 Å². The van der Waals surface area contributed by atoms with Gasteiger partial charge in [0.05, 0.1) is 26.3 Å². The van der Waals surface area contributed by atoms with Crippen LogP contribution in [0.2, 0.25) is 0 Å². The van der Waals surface area contributed by atoms with E-state index < -0.39 is 17.8 Å². The van der Waals surface area contributed by atoms with Crippen molar-refractivity contribution in [2.45, 2.75) is 33.0 Å². The summed E-state index contributed by atoms with van der Waals surface area (Å²) in [5.74, 6) is 0. The molecule has 7 nitrogen and oxygen atoms in total. The number of carbonyl (C=O) groups is 2. The third kappa shape index (κ3) is 5.42. The van der Waals surface area contributed by atoms with E-state index in [1.54, 1.807) is 20.8 Å². The Kier molecular flexibility index (Phi) is 6.03. The van der Waals surface area contributed by atoms with Gasteiger partial charge in [0.15, 0.2) is 0 Å². The second-order valence-corrected chi connectivity index (χ2v) is 6.38. The van der Waals surface area contributed by atoms with Gasteiger partial charge in [0.2, 0.25) is 0 Å². The third-order valence-electron chi connectivity index (χ3n) is 3.21. The smallest absolute Gasteiger partial charge is 0.429 e. The molecule has 2 amide bonds. The summed E-state index contributed by atoms with van der Waals surface area (Å²) in [6.07, 6.45) is -1.19. The highest BCUT2D eigenvalue weighted by Gasteiger charge is 2.32. The van der Waals surface area contributed by atoms with E-state index in [1.807, 2.05) is 30.3 Å². The van der Waals surface area contributed by atoms with Gasteiger partial charge in [-0.2, -0.15) is 0 Å². The van der Waals surface area contributed by atoms with Gasteiger partial charge in [0.1, 0.15) is 12.2 Å². The fourth-order valence-electron chi connectivity index (χ4n) is 2.13. The third-order valence-corrected chi connectivity index (χ3v) is 3.21. The Bertz CT molecular complexity index is 556. The maximum Gasteiger partial charge on any atom is 0.429 e. The normalized spacial score (nSPS) is 15.6. The van der Waals surface area contributed by atoms with E-state index in [0.717, 1.165) is 5.56 Å². The zero-order valence-electron chi connectivity index (χ0n) is 14.4. The van der Waals surface area contributed by atoms with E-state index >= 15 is 0 Å². The van der Waals surface area contributed by atoms with E-state index in [2.05, 4.69) is 0 Å². The molecule has 1 aliphatic rings. The van der Waals surface area contributed by atoms with Crippen LogP contribution in [-0.2, 0) is 20.8 Å². The minimum Gasteiger partial charge on any atom is -0.443 e. The van der Waals surface area contributed by atoms with Crippen molar-refractivity contribution < 1.29 is 23.8 Å². The minimum atomic E-state index is -0.649. The monoisotopic (exact) mass is 336 g/mol. The molecule has 0 saturated carbocycles. The van der Waals surface area contributed by atoms with Gasteiger partial charge in [-0.1, -0.05) is 30.3 Å². The zero-order valence-corrected chi connectivity index (χ0v) is 14.4. The molecule has 2 rings (SSSR count). The molecule has 24 heavy (non-hydrogen) atoms. The number of benzene rings is 1. The highest BCUT2D eigenvalue weighted by atomic mass is 16.6. The molecule has 0 atom stereocenters. The van der Waals surface area contributed by atoms with Crippen molar-refractivity contribution in [3.05, 3.63) is 35.9 Å². The Hall–Kier alpha value is -2.28. The van der Waals surface area contributed by atoms with Gasteiger partial charge in [0, 0.05) is 0 Å². The van der Waals surface area contributed by atoms with Crippen molar-refractivity contribution in [1.29, 1.82) is 0 Å². The van der Waals surface area contributed by atoms with E-state index in [9.17, 15) is 9.59 Å². The molecule has 0 aromatic heterocycles. The average Bonchev–Trinajstić information content (AvgIpc) is 2.78. The van der Waals surface area contributed by atoms with Crippen molar-refractivity contribution in [2.75, 3.05) is 26.3 Å². The Labute approximate surface area is 142 Å².